The summed E-state index contributed by atoms with van der Waals surface area (Å²) in [6.07, 6.45) is 1.74. The molecule has 0 atom stereocenters. The van der Waals surface area contributed by atoms with Crippen LogP contribution in [0.2, 0.25) is 0 Å². The zero-order valence-electron chi connectivity index (χ0n) is 15.2. The van der Waals surface area contributed by atoms with Gasteiger partial charge in [-0.2, -0.15) is 0 Å². The molecule has 2 aromatic carbocycles. The standard InChI is InChI=1S/C22H19N3OS/c1-15-10-11-18(16(2)13-15)21(26)25(14-17-7-5-6-12-23-17)22-24-19-8-3-4-9-20(19)27-22/h3-13H,14H2,1-2H3. The van der Waals surface area contributed by atoms with Crippen LogP contribution in [-0.2, 0) is 6.54 Å². The maximum absolute atomic E-state index is 13.4. The van der Waals surface area contributed by atoms with E-state index in [2.05, 4.69) is 4.98 Å². The molecule has 4 nitrogen and oxygen atoms in total. The zero-order chi connectivity index (χ0) is 18.8. The molecule has 0 fully saturated rings. The summed E-state index contributed by atoms with van der Waals surface area (Å²) in [5.41, 5.74) is 4.52. The Morgan fingerprint density at radius 2 is 1.85 bits per heavy atom. The number of hydrogen-bond donors (Lipinski definition) is 0. The molecule has 0 saturated heterocycles. The summed E-state index contributed by atoms with van der Waals surface area (Å²) < 4.78 is 1.06. The summed E-state index contributed by atoms with van der Waals surface area (Å²) in [5.74, 6) is -0.0581. The van der Waals surface area contributed by atoms with E-state index in [1.165, 1.54) is 11.3 Å². The van der Waals surface area contributed by atoms with Gasteiger partial charge in [0.1, 0.15) is 0 Å². The molecule has 0 saturated carbocycles. The van der Waals surface area contributed by atoms with E-state index < -0.39 is 0 Å². The van der Waals surface area contributed by atoms with Crippen molar-refractivity contribution < 1.29 is 4.79 Å². The van der Waals surface area contributed by atoms with Crippen LogP contribution >= 0.6 is 11.3 Å². The quantitative estimate of drug-likeness (QED) is 0.497. The van der Waals surface area contributed by atoms with Gasteiger partial charge in [0.15, 0.2) is 5.13 Å². The summed E-state index contributed by atoms with van der Waals surface area (Å²) in [6.45, 7) is 4.38. The second-order valence-corrected chi connectivity index (χ2v) is 7.50. The molecule has 4 rings (SSSR count). The van der Waals surface area contributed by atoms with E-state index in [1.807, 2.05) is 74.5 Å². The lowest BCUT2D eigenvalue weighted by Crippen LogP contribution is -2.31. The lowest BCUT2D eigenvalue weighted by molar-refractivity contribution is 0.0984. The van der Waals surface area contributed by atoms with Crippen LogP contribution < -0.4 is 4.90 Å². The number of nitrogens with zero attached hydrogens (tertiary/aromatic N) is 3. The minimum atomic E-state index is -0.0581. The Balaban J connectivity index is 1.78. The van der Waals surface area contributed by atoms with Crippen LogP contribution in [0.1, 0.15) is 27.2 Å². The topological polar surface area (TPSA) is 46.1 Å². The van der Waals surface area contributed by atoms with E-state index in [-0.39, 0.29) is 5.91 Å². The first-order chi connectivity index (χ1) is 13.1. The van der Waals surface area contributed by atoms with Crippen molar-refractivity contribution in [2.45, 2.75) is 20.4 Å². The van der Waals surface area contributed by atoms with Crippen molar-refractivity contribution in [3.8, 4) is 0 Å². The van der Waals surface area contributed by atoms with Gasteiger partial charge < -0.3 is 0 Å². The van der Waals surface area contributed by atoms with E-state index >= 15 is 0 Å². The highest BCUT2D eigenvalue weighted by atomic mass is 32.1. The number of para-hydroxylation sites is 1. The molecular formula is C22H19N3OS. The van der Waals surface area contributed by atoms with Gasteiger partial charge in [-0.05, 0) is 49.7 Å². The number of hydrogen-bond acceptors (Lipinski definition) is 4. The largest absolute Gasteiger partial charge is 0.278 e. The molecule has 134 valence electrons. The maximum Gasteiger partial charge on any atom is 0.260 e. The lowest BCUT2D eigenvalue weighted by atomic mass is 10.0. The van der Waals surface area contributed by atoms with E-state index in [9.17, 15) is 4.79 Å². The fraction of sp³-hybridized carbons (Fsp3) is 0.136. The molecule has 0 aliphatic rings. The fourth-order valence-electron chi connectivity index (χ4n) is 3.05. The smallest absolute Gasteiger partial charge is 0.260 e. The minimum Gasteiger partial charge on any atom is -0.278 e. The molecular weight excluding hydrogens is 354 g/mol. The highest BCUT2D eigenvalue weighted by Crippen LogP contribution is 2.31. The number of rotatable bonds is 4. The third kappa shape index (κ3) is 3.59. The van der Waals surface area contributed by atoms with Crippen LogP contribution in [0.4, 0.5) is 5.13 Å². The highest BCUT2D eigenvalue weighted by molar-refractivity contribution is 7.22. The fourth-order valence-corrected chi connectivity index (χ4v) is 4.02. The Hall–Kier alpha value is -3.05. The second kappa shape index (κ2) is 7.29. The first-order valence-electron chi connectivity index (χ1n) is 8.76. The number of fused-ring (bicyclic) bond motifs is 1. The van der Waals surface area contributed by atoms with Gasteiger partial charge in [-0.25, -0.2) is 4.98 Å². The number of aromatic nitrogens is 2. The van der Waals surface area contributed by atoms with Crippen molar-refractivity contribution in [1.82, 2.24) is 9.97 Å². The first kappa shape index (κ1) is 17.4. The molecule has 0 N–H and O–H groups in total. The van der Waals surface area contributed by atoms with E-state index in [0.717, 1.165) is 27.0 Å². The van der Waals surface area contributed by atoms with E-state index in [4.69, 9.17) is 4.98 Å². The zero-order valence-corrected chi connectivity index (χ0v) is 16.0. The molecule has 0 spiro atoms. The van der Waals surface area contributed by atoms with E-state index in [0.29, 0.717) is 17.2 Å². The summed E-state index contributed by atoms with van der Waals surface area (Å²) in [6, 6.07) is 19.6. The average Bonchev–Trinajstić information content (AvgIpc) is 3.10. The summed E-state index contributed by atoms with van der Waals surface area (Å²) in [4.78, 5) is 24.2. The molecule has 27 heavy (non-hydrogen) atoms. The summed E-state index contributed by atoms with van der Waals surface area (Å²) >= 11 is 1.52. The Kier molecular flexibility index (Phi) is 4.69. The predicted molar refractivity (Wildman–Crippen MR) is 110 cm³/mol. The van der Waals surface area contributed by atoms with Crippen molar-refractivity contribution in [3.63, 3.8) is 0 Å². The Morgan fingerprint density at radius 3 is 2.59 bits per heavy atom. The number of benzene rings is 2. The van der Waals surface area contributed by atoms with Crippen molar-refractivity contribution in [2.24, 2.45) is 0 Å². The van der Waals surface area contributed by atoms with Gasteiger partial charge in [-0.3, -0.25) is 14.7 Å². The van der Waals surface area contributed by atoms with Gasteiger partial charge in [-0.15, -0.1) is 0 Å². The summed E-state index contributed by atoms with van der Waals surface area (Å²) in [5, 5.41) is 0.687. The molecule has 0 bridgehead atoms. The van der Waals surface area contributed by atoms with Gasteiger partial charge in [0.2, 0.25) is 0 Å². The first-order valence-corrected chi connectivity index (χ1v) is 9.58. The number of pyridine rings is 1. The van der Waals surface area contributed by atoms with Crippen molar-refractivity contribution in [2.75, 3.05) is 4.90 Å². The summed E-state index contributed by atoms with van der Waals surface area (Å²) in [7, 11) is 0. The third-order valence-corrected chi connectivity index (χ3v) is 5.48. The Morgan fingerprint density at radius 1 is 1.04 bits per heavy atom. The van der Waals surface area contributed by atoms with Crippen LogP contribution in [0.25, 0.3) is 10.2 Å². The number of anilines is 1. The Bertz CT molecular complexity index is 1070. The molecule has 0 aliphatic heterocycles. The van der Waals surface area contributed by atoms with Crippen LogP contribution in [0, 0.1) is 13.8 Å². The molecule has 0 aliphatic carbocycles. The third-order valence-electron chi connectivity index (χ3n) is 4.42. The molecule has 1 amide bonds. The molecule has 2 aromatic heterocycles. The average molecular weight is 373 g/mol. The Labute approximate surface area is 162 Å². The number of carbonyl (C=O) groups is 1. The molecule has 5 heteroatoms. The van der Waals surface area contributed by atoms with Gasteiger partial charge in [-0.1, -0.05) is 47.2 Å². The van der Waals surface area contributed by atoms with Gasteiger partial charge in [0, 0.05) is 11.8 Å². The van der Waals surface area contributed by atoms with Gasteiger partial charge in [0.25, 0.3) is 5.91 Å². The molecule has 0 unspecified atom stereocenters. The lowest BCUT2D eigenvalue weighted by Gasteiger charge is -2.20. The normalized spacial score (nSPS) is 10.9. The van der Waals surface area contributed by atoms with Crippen molar-refractivity contribution >= 4 is 32.6 Å². The molecule has 0 radical (unpaired) electrons. The number of aryl methyl sites for hydroxylation is 2. The molecule has 4 aromatic rings. The van der Waals surface area contributed by atoms with Crippen LogP contribution in [0.5, 0.6) is 0 Å². The molecule has 2 heterocycles. The predicted octanol–water partition coefficient (Wildman–Crippen LogP) is 5.16. The van der Waals surface area contributed by atoms with Gasteiger partial charge >= 0.3 is 0 Å². The van der Waals surface area contributed by atoms with Gasteiger partial charge in [0.05, 0.1) is 22.5 Å². The monoisotopic (exact) mass is 373 g/mol. The second-order valence-electron chi connectivity index (χ2n) is 6.49. The van der Waals surface area contributed by atoms with Crippen LogP contribution in [-0.4, -0.2) is 15.9 Å². The SMILES string of the molecule is Cc1ccc(C(=O)N(Cc2ccccn2)c2nc3ccccc3s2)c(C)c1. The maximum atomic E-state index is 13.4. The van der Waals surface area contributed by atoms with Crippen molar-refractivity contribution in [1.29, 1.82) is 0 Å². The van der Waals surface area contributed by atoms with E-state index in [1.54, 1.807) is 11.1 Å². The minimum absolute atomic E-state index is 0.0581. The highest BCUT2D eigenvalue weighted by Gasteiger charge is 2.23. The number of thiazole rings is 1. The number of amides is 1. The van der Waals surface area contributed by atoms with Crippen LogP contribution in [0.3, 0.4) is 0 Å². The van der Waals surface area contributed by atoms with Crippen LogP contribution in [0.15, 0.2) is 66.9 Å². The van der Waals surface area contributed by atoms with Crippen molar-refractivity contribution in [3.05, 3.63) is 89.2 Å². The number of carbonyl (C=O) groups excluding carboxylic acids is 1.